The van der Waals surface area contributed by atoms with Crippen LogP contribution in [0.25, 0.3) is 0 Å². The first kappa shape index (κ1) is 20.7. The van der Waals surface area contributed by atoms with Crippen LogP contribution in [0.2, 0.25) is 15.1 Å². The molecule has 2 heterocycles. The normalized spacial score (nSPS) is 18.4. The van der Waals surface area contributed by atoms with Gasteiger partial charge in [0.2, 0.25) is 0 Å². The van der Waals surface area contributed by atoms with Crippen LogP contribution in [-0.2, 0) is 21.2 Å². The molecule has 1 unspecified atom stereocenters. The van der Waals surface area contributed by atoms with Crippen LogP contribution in [0.15, 0.2) is 29.6 Å². The van der Waals surface area contributed by atoms with E-state index in [1.54, 1.807) is 4.90 Å². The number of thiophene rings is 1. The Bertz CT molecular complexity index is 932. The van der Waals surface area contributed by atoms with Gasteiger partial charge >= 0.3 is 0 Å². The van der Waals surface area contributed by atoms with Crippen molar-refractivity contribution in [2.45, 2.75) is 19.0 Å². The maximum absolute atomic E-state index is 12.8. The lowest BCUT2D eigenvalue weighted by Gasteiger charge is -2.28. The minimum atomic E-state index is -3.12. The highest BCUT2D eigenvalue weighted by Gasteiger charge is 2.35. The first-order chi connectivity index (χ1) is 12.7. The molecule has 1 amide bonds. The van der Waals surface area contributed by atoms with E-state index in [4.69, 9.17) is 39.5 Å². The van der Waals surface area contributed by atoms with Crippen LogP contribution in [0.1, 0.15) is 11.3 Å². The minimum Gasteiger partial charge on any atom is -0.482 e. The Morgan fingerprint density at radius 1 is 1.22 bits per heavy atom. The smallest absolute Gasteiger partial charge is 0.261 e. The van der Waals surface area contributed by atoms with Crippen molar-refractivity contribution in [3.8, 4) is 5.75 Å². The maximum atomic E-state index is 12.8. The fourth-order valence-corrected chi connectivity index (χ4v) is 5.87. The third-order valence-corrected chi connectivity index (χ3v) is 7.83. The van der Waals surface area contributed by atoms with E-state index in [-0.39, 0.29) is 50.9 Å². The van der Waals surface area contributed by atoms with Crippen molar-refractivity contribution >= 4 is 61.9 Å². The molecule has 1 aliphatic heterocycles. The van der Waals surface area contributed by atoms with Gasteiger partial charge < -0.3 is 9.64 Å². The lowest BCUT2D eigenvalue weighted by molar-refractivity contribution is -0.135. The molecule has 0 aliphatic carbocycles. The Morgan fingerprint density at radius 2 is 1.96 bits per heavy atom. The number of amides is 1. The van der Waals surface area contributed by atoms with Crippen LogP contribution >= 0.6 is 46.1 Å². The maximum Gasteiger partial charge on any atom is 0.261 e. The summed E-state index contributed by atoms with van der Waals surface area (Å²) in [7, 11) is -3.12. The molecule has 27 heavy (non-hydrogen) atoms. The predicted octanol–water partition coefficient (Wildman–Crippen LogP) is 4.30. The number of hydrogen-bond acceptors (Lipinski definition) is 5. The van der Waals surface area contributed by atoms with Gasteiger partial charge in [0.25, 0.3) is 5.91 Å². The topological polar surface area (TPSA) is 63.7 Å². The van der Waals surface area contributed by atoms with E-state index in [1.165, 1.54) is 23.5 Å². The summed E-state index contributed by atoms with van der Waals surface area (Å²) in [5, 5.41) is 2.71. The Morgan fingerprint density at radius 3 is 2.59 bits per heavy atom. The van der Waals surface area contributed by atoms with Gasteiger partial charge in [0.1, 0.15) is 5.75 Å². The summed E-state index contributed by atoms with van der Waals surface area (Å²) in [6, 6.07) is 6.32. The Balaban J connectivity index is 1.74. The average Bonchev–Trinajstić information content (AvgIpc) is 3.23. The van der Waals surface area contributed by atoms with Gasteiger partial charge in [-0.25, -0.2) is 8.42 Å². The van der Waals surface area contributed by atoms with Gasteiger partial charge in [0.15, 0.2) is 16.4 Å². The van der Waals surface area contributed by atoms with E-state index < -0.39 is 9.84 Å². The molecule has 0 N–H and O–H groups in total. The van der Waals surface area contributed by atoms with Crippen molar-refractivity contribution in [3.05, 3.63) is 49.6 Å². The molecule has 0 bridgehead atoms. The zero-order valence-electron chi connectivity index (χ0n) is 14.0. The first-order valence-electron chi connectivity index (χ1n) is 8.05. The molecule has 0 spiro atoms. The molecule has 146 valence electrons. The van der Waals surface area contributed by atoms with E-state index in [2.05, 4.69) is 0 Å². The van der Waals surface area contributed by atoms with Crippen molar-refractivity contribution in [2.75, 3.05) is 18.1 Å². The fourth-order valence-electron chi connectivity index (χ4n) is 2.85. The van der Waals surface area contributed by atoms with Gasteiger partial charge in [-0.2, -0.15) is 0 Å². The van der Waals surface area contributed by atoms with Crippen molar-refractivity contribution in [2.24, 2.45) is 0 Å². The quantitative estimate of drug-likeness (QED) is 0.593. The SMILES string of the molecule is O=C(COc1cc(Cl)c(Cl)cc1Cl)N(Cc1cccs1)C1CCS(=O)(=O)C1. The van der Waals surface area contributed by atoms with Crippen molar-refractivity contribution in [1.82, 2.24) is 4.90 Å². The monoisotopic (exact) mass is 467 g/mol. The Labute approximate surface area is 176 Å². The van der Waals surface area contributed by atoms with Crippen LogP contribution in [-0.4, -0.2) is 43.4 Å². The van der Waals surface area contributed by atoms with Crippen LogP contribution in [0.5, 0.6) is 5.75 Å². The number of sulfone groups is 1. The fraction of sp³-hybridized carbons (Fsp3) is 0.353. The van der Waals surface area contributed by atoms with Gasteiger partial charge in [-0.05, 0) is 23.9 Å². The number of carbonyl (C=O) groups excluding carboxylic acids is 1. The van der Waals surface area contributed by atoms with Crippen molar-refractivity contribution < 1.29 is 17.9 Å². The molecule has 1 fully saturated rings. The van der Waals surface area contributed by atoms with Crippen molar-refractivity contribution in [1.29, 1.82) is 0 Å². The second-order valence-corrected chi connectivity index (χ2v) is 10.6. The van der Waals surface area contributed by atoms with E-state index in [1.807, 2.05) is 17.5 Å². The van der Waals surface area contributed by atoms with Crippen molar-refractivity contribution in [3.63, 3.8) is 0 Å². The zero-order chi connectivity index (χ0) is 19.6. The average molecular weight is 469 g/mol. The van der Waals surface area contributed by atoms with Crippen LogP contribution < -0.4 is 4.74 Å². The molecule has 1 saturated heterocycles. The highest BCUT2D eigenvalue weighted by atomic mass is 35.5. The highest BCUT2D eigenvalue weighted by Crippen LogP contribution is 2.34. The molecule has 1 atom stereocenters. The summed E-state index contributed by atoms with van der Waals surface area (Å²) in [5.74, 6) is -0.00889. The van der Waals surface area contributed by atoms with E-state index in [9.17, 15) is 13.2 Å². The largest absolute Gasteiger partial charge is 0.482 e. The van der Waals surface area contributed by atoms with E-state index >= 15 is 0 Å². The zero-order valence-corrected chi connectivity index (χ0v) is 17.9. The van der Waals surface area contributed by atoms with Gasteiger partial charge in [-0.3, -0.25) is 4.79 Å². The number of halogens is 3. The molecule has 0 radical (unpaired) electrons. The molecule has 2 aromatic rings. The third kappa shape index (κ3) is 5.29. The summed E-state index contributed by atoms with van der Waals surface area (Å²) in [5.41, 5.74) is 0. The summed E-state index contributed by atoms with van der Waals surface area (Å²) >= 11 is 19.4. The molecule has 0 saturated carbocycles. The molecule has 3 rings (SSSR count). The van der Waals surface area contributed by atoms with Crippen LogP contribution in [0, 0.1) is 0 Å². The number of hydrogen-bond donors (Lipinski definition) is 0. The molecule has 1 aliphatic rings. The van der Waals surface area contributed by atoms with E-state index in [0.717, 1.165) is 4.88 Å². The molecule has 1 aromatic carbocycles. The Hall–Kier alpha value is -0.990. The highest BCUT2D eigenvalue weighted by molar-refractivity contribution is 7.91. The molecule has 1 aromatic heterocycles. The summed E-state index contributed by atoms with van der Waals surface area (Å²) in [4.78, 5) is 15.4. The lowest BCUT2D eigenvalue weighted by Crippen LogP contribution is -2.42. The van der Waals surface area contributed by atoms with E-state index in [0.29, 0.717) is 13.0 Å². The number of carbonyl (C=O) groups is 1. The van der Waals surface area contributed by atoms with Gasteiger partial charge in [-0.15, -0.1) is 11.3 Å². The molecular weight excluding hydrogens is 453 g/mol. The molecular formula is C17H16Cl3NO4S2. The summed E-state index contributed by atoms with van der Waals surface area (Å²) < 4.78 is 29.2. The predicted molar refractivity (Wildman–Crippen MR) is 109 cm³/mol. The lowest BCUT2D eigenvalue weighted by atomic mass is 10.2. The van der Waals surface area contributed by atoms with Gasteiger partial charge in [-0.1, -0.05) is 40.9 Å². The third-order valence-electron chi connectivity index (χ3n) is 4.20. The minimum absolute atomic E-state index is 0.0301. The Kier molecular flexibility index (Phi) is 6.58. The second-order valence-electron chi connectivity index (χ2n) is 6.14. The van der Waals surface area contributed by atoms with Gasteiger partial charge in [0, 0.05) is 17.0 Å². The second kappa shape index (κ2) is 8.57. The number of rotatable bonds is 6. The summed E-state index contributed by atoms with van der Waals surface area (Å²) in [6.45, 7) is 0.0642. The molecule has 5 nitrogen and oxygen atoms in total. The molecule has 10 heteroatoms. The van der Waals surface area contributed by atoms with Crippen LogP contribution in [0.4, 0.5) is 0 Å². The van der Waals surface area contributed by atoms with Gasteiger partial charge in [0.05, 0.1) is 33.1 Å². The standard InChI is InChI=1S/C17H16Cl3NO4S2/c18-13-6-15(20)16(7-14(13)19)25-9-17(22)21(8-12-2-1-4-26-12)11-3-5-27(23,24)10-11/h1-2,4,6-7,11H,3,5,8-10H2. The number of nitrogens with zero attached hydrogens (tertiary/aromatic N) is 1. The first-order valence-corrected chi connectivity index (χ1v) is 11.9. The number of ether oxygens (including phenoxy) is 1. The number of benzene rings is 1. The summed E-state index contributed by atoms with van der Waals surface area (Å²) in [6.07, 6.45) is 0.424. The van der Waals surface area contributed by atoms with Crippen LogP contribution in [0.3, 0.4) is 0 Å².